The van der Waals surface area contributed by atoms with Crippen LogP contribution in [-0.4, -0.2) is 33.9 Å². The molecule has 0 aliphatic rings. The number of carbonyl (C=O) groups is 1. The lowest BCUT2D eigenvalue weighted by atomic mass is 10.2. The Balaban J connectivity index is 2.12. The monoisotopic (exact) mass is 299 g/mol. The summed E-state index contributed by atoms with van der Waals surface area (Å²) in [6.07, 6.45) is 3.43. The largest absolute Gasteiger partial charge is 0.357 e. The summed E-state index contributed by atoms with van der Waals surface area (Å²) in [4.78, 5) is 27.0. The van der Waals surface area contributed by atoms with Crippen LogP contribution in [0, 0.1) is 6.92 Å². The molecule has 2 rings (SSSR count). The number of hydrogen-bond donors (Lipinski definition) is 1. The van der Waals surface area contributed by atoms with Gasteiger partial charge in [-0.2, -0.15) is 0 Å². The molecule has 0 aliphatic heterocycles. The molecule has 22 heavy (non-hydrogen) atoms. The van der Waals surface area contributed by atoms with Crippen molar-refractivity contribution in [2.75, 3.05) is 18.0 Å². The minimum Gasteiger partial charge on any atom is -0.357 e. The van der Waals surface area contributed by atoms with Crippen molar-refractivity contribution in [3.8, 4) is 0 Å². The van der Waals surface area contributed by atoms with Crippen LogP contribution < -0.4 is 10.2 Å². The number of aryl methyl sites for hydroxylation is 1. The average Bonchev–Trinajstić information content (AvgIpc) is 2.54. The van der Waals surface area contributed by atoms with Gasteiger partial charge in [-0.25, -0.2) is 9.97 Å². The third-order valence-corrected chi connectivity index (χ3v) is 3.32. The van der Waals surface area contributed by atoms with Crippen molar-refractivity contribution >= 4 is 11.7 Å². The molecule has 1 N–H and O–H groups in total. The molecule has 0 aromatic carbocycles. The summed E-state index contributed by atoms with van der Waals surface area (Å²) in [6, 6.07) is 5.49. The molecule has 0 fully saturated rings. The van der Waals surface area contributed by atoms with Crippen LogP contribution in [0.1, 0.15) is 35.7 Å². The van der Waals surface area contributed by atoms with Gasteiger partial charge in [0.2, 0.25) is 0 Å². The molecule has 0 saturated heterocycles. The van der Waals surface area contributed by atoms with Crippen molar-refractivity contribution in [3.63, 3.8) is 0 Å². The van der Waals surface area contributed by atoms with Crippen LogP contribution in [0.25, 0.3) is 0 Å². The summed E-state index contributed by atoms with van der Waals surface area (Å²) in [5, 5.41) is 2.86. The quantitative estimate of drug-likeness (QED) is 0.883. The molecule has 6 nitrogen and oxygen atoms in total. The van der Waals surface area contributed by atoms with E-state index in [9.17, 15) is 4.79 Å². The van der Waals surface area contributed by atoms with E-state index in [0.29, 0.717) is 18.1 Å². The van der Waals surface area contributed by atoms with E-state index >= 15 is 0 Å². The van der Waals surface area contributed by atoms with E-state index in [1.54, 1.807) is 25.4 Å². The molecule has 2 aromatic heterocycles. The molecule has 0 spiro atoms. The minimum atomic E-state index is -0.206. The molecular weight excluding hydrogens is 278 g/mol. The fourth-order valence-corrected chi connectivity index (χ4v) is 2.15. The fraction of sp³-hybridized carbons (Fsp3) is 0.375. The summed E-state index contributed by atoms with van der Waals surface area (Å²) < 4.78 is 0. The van der Waals surface area contributed by atoms with Crippen LogP contribution in [0.4, 0.5) is 5.82 Å². The zero-order valence-electron chi connectivity index (χ0n) is 13.2. The number of nitrogens with one attached hydrogen (secondary N) is 1. The number of anilines is 1. The maximum absolute atomic E-state index is 12.3. The van der Waals surface area contributed by atoms with Gasteiger partial charge in [-0.05, 0) is 32.4 Å². The van der Waals surface area contributed by atoms with E-state index in [-0.39, 0.29) is 5.91 Å². The molecule has 116 valence electrons. The zero-order valence-corrected chi connectivity index (χ0v) is 13.2. The predicted octanol–water partition coefficient (Wildman–Crippen LogP) is 1.96. The summed E-state index contributed by atoms with van der Waals surface area (Å²) in [6.45, 7) is 8.01. The van der Waals surface area contributed by atoms with E-state index in [1.807, 2.05) is 12.1 Å². The highest BCUT2D eigenvalue weighted by atomic mass is 16.1. The highest BCUT2D eigenvalue weighted by molar-refractivity contribution is 5.92. The Morgan fingerprint density at radius 2 is 2.05 bits per heavy atom. The molecule has 2 aromatic rings. The van der Waals surface area contributed by atoms with Gasteiger partial charge in [0.1, 0.15) is 17.3 Å². The molecule has 1 amide bonds. The normalized spacial score (nSPS) is 10.3. The van der Waals surface area contributed by atoms with Gasteiger partial charge in [-0.15, -0.1) is 0 Å². The van der Waals surface area contributed by atoms with Crippen molar-refractivity contribution in [3.05, 3.63) is 47.7 Å². The van der Waals surface area contributed by atoms with Gasteiger partial charge in [-0.1, -0.05) is 6.07 Å². The first-order valence-corrected chi connectivity index (χ1v) is 7.41. The Kier molecular flexibility index (Phi) is 5.41. The number of pyridine rings is 1. The van der Waals surface area contributed by atoms with E-state index in [1.165, 1.54) is 0 Å². The van der Waals surface area contributed by atoms with E-state index < -0.39 is 0 Å². The first-order chi connectivity index (χ1) is 10.6. The second kappa shape index (κ2) is 7.49. The molecule has 0 bridgehead atoms. The van der Waals surface area contributed by atoms with E-state index in [0.717, 1.165) is 24.5 Å². The summed E-state index contributed by atoms with van der Waals surface area (Å²) in [7, 11) is 0. The first kappa shape index (κ1) is 15.9. The van der Waals surface area contributed by atoms with Gasteiger partial charge in [0.25, 0.3) is 5.91 Å². The van der Waals surface area contributed by atoms with Crippen LogP contribution in [0.5, 0.6) is 0 Å². The topological polar surface area (TPSA) is 71.0 Å². The number of nitrogens with zero attached hydrogens (tertiary/aromatic N) is 4. The van der Waals surface area contributed by atoms with Gasteiger partial charge < -0.3 is 10.2 Å². The standard InChI is InChI=1S/C16H21N5O/c1-4-21(5-2)15-9-14(19-12(3)20-15)16(22)18-11-13-7-6-8-17-10-13/h6-10H,4-5,11H2,1-3H3,(H,18,22). The Bertz CT molecular complexity index is 626. The summed E-state index contributed by atoms with van der Waals surface area (Å²) in [5.41, 5.74) is 1.34. The minimum absolute atomic E-state index is 0.206. The fourth-order valence-electron chi connectivity index (χ4n) is 2.15. The van der Waals surface area contributed by atoms with Crippen molar-refractivity contribution < 1.29 is 4.79 Å². The molecule has 0 aliphatic carbocycles. The molecule has 0 unspecified atom stereocenters. The lowest BCUT2D eigenvalue weighted by Crippen LogP contribution is -2.27. The highest BCUT2D eigenvalue weighted by Crippen LogP contribution is 2.12. The van der Waals surface area contributed by atoms with Crippen LogP contribution in [-0.2, 0) is 6.54 Å². The number of amides is 1. The van der Waals surface area contributed by atoms with Crippen molar-refractivity contribution in [1.29, 1.82) is 0 Å². The molecule has 6 heteroatoms. The second-order valence-electron chi connectivity index (χ2n) is 4.87. The molecule has 0 atom stereocenters. The number of carbonyl (C=O) groups excluding carboxylic acids is 1. The predicted molar refractivity (Wildman–Crippen MR) is 85.7 cm³/mol. The summed E-state index contributed by atoms with van der Waals surface area (Å²) >= 11 is 0. The molecular formula is C16H21N5O. The Labute approximate surface area is 130 Å². The lowest BCUT2D eigenvalue weighted by Gasteiger charge is -2.20. The van der Waals surface area contributed by atoms with E-state index in [4.69, 9.17) is 0 Å². The average molecular weight is 299 g/mol. The highest BCUT2D eigenvalue weighted by Gasteiger charge is 2.13. The van der Waals surface area contributed by atoms with E-state index in [2.05, 4.69) is 39.0 Å². The molecule has 0 radical (unpaired) electrons. The Morgan fingerprint density at radius 1 is 1.27 bits per heavy atom. The SMILES string of the molecule is CCN(CC)c1cc(C(=O)NCc2cccnc2)nc(C)n1. The zero-order chi connectivity index (χ0) is 15.9. The molecule has 2 heterocycles. The molecule has 0 saturated carbocycles. The Morgan fingerprint density at radius 3 is 2.68 bits per heavy atom. The maximum Gasteiger partial charge on any atom is 0.270 e. The van der Waals surface area contributed by atoms with Gasteiger partial charge in [0, 0.05) is 38.1 Å². The van der Waals surface area contributed by atoms with Crippen LogP contribution >= 0.6 is 0 Å². The second-order valence-corrected chi connectivity index (χ2v) is 4.87. The Hall–Kier alpha value is -2.50. The van der Waals surface area contributed by atoms with Crippen LogP contribution in [0.15, 0.2) is 30.6 Å². The number of rotatable bonds is 6. The lowest BCUT2D eigenvalue weighted by molar-refractivity contribution is 0.0945. The number of hydrogen-bond acceptors (Lipinski definition) is 5. The van der Waals surface area contributed by atoms with Crippen LogP contribution in [0.2, 0.25) is 0 Å². The smallest absolute Gasteiger partial charge is 0.270 e. The summed E-state index contributed by atoms with van der Waals surface area (Å²) in [5.74, 6) is 1.17. The van der Waals surface area contributed by atoms with Gasteiger partial charge in [0.05, 0.1) is 0 Å². The van der Waals surface area contributed by atoms with Crippen molar-refractivity contribution in [1.82, 2.24) is 20.3 Å². The number of aromatic nitrogens is 3. The van der Waals surface area contributed by atoms with Gasteiger partial charge >= 0.3 is 0 Å². The third kappa shape index (κ3) is 4.00. The van der Waals surface area contributed by atoms with Gasteiger partial charge in [-0.3, -0.25) is 9.78 Å². The van der Waals surface area contributed by atoms with Crippen LogP contribution in [0.3, 0.4) is 0 Å². The third-order valence-electron chi connectivity index (χ3n) is 3.32. The van der Waals surface area contributed by atoms with Crippen molar-refractivity contribution in [2.45, 2.75) is 27.3 Å². The van der Waals surface area contributed by atoms with Crippen molar-refractivity contribution in [2.24, 2.45) is 0 Å². The maximum atomic E-state index is 12.3. The first-order valence-electron chi connectivity index (χ1n) is 7.41. The van der Waals surface area contributed by atoms with Gasteiger partial charge in [0.15, 0.2) is 0 Å².